The minimum Gasteiger partial charge on any atom is -0.462 e. The van der Waals surface area contributed by atoms with E-state index < -0.39 is 29.4 Å². The van der Waals surface area contributed by atoms with Crippen LogP contribution >= 0.6 is 0 Å². The van der Waals surface area contributed by atoms with Crippen molar-refractivity contribution in [3.63, 3.8) is 0 Å². The molecule has 0 aromatic rings. The van der Waals surface area contributed by atoms with Gasteiger partial charge in [-0.1, -0.05) is 55.9 Å². The van der Waals surface area contributed by atoms with Crippen LogP contribution in [-0.2, 0) is 28.6 Å². The molecule has 224 valence electrons. The van der Waals surface area contributed by atoms with Gasteiger partial charge in [-0.05, 0) is 69.9 Å². The molecular weight excluding hydrogens is 520 g/mol. The van der Waals surface area contributed by atoms with Gasteiger partial charge in [0.2, 0.25) is 0 Å². The number of hydrogen-bond donors (Lipinski definition) is 1. The highest BCUT2D eigenvalue weighted by Crippen LogP contribution is 2.45. The molecule has 7 heteroatoms. The van der Waals surface area contributed by atoms with E-state index in [1.165, 1.54) is 17.7 Å². The van der Waals surface area contributed by atoms with Crippen molar-refractivity contribution >= 4 is 18.0 Å². The number of hydrogen-bond acceptors (Lipinski definition) is 7. The minimum atomic E-state index is -2.00. The van der Waals surface area contributed by atoms with E-state index >= 15 is 0 Å². The second-order valence-electron chi connectivity index (χ2n) is 12.7. The van der Waals surface area contributed by atoms with Crippen LogP contribution in [0, 0.1) is 17.8 Å². The molecule has 1 aliphatic carbocycles. The van der Waals surface area contributed by atoms with Crippen LogP contribution in [0.5, 0.6) is 0 Å². The van der Waals surface area contributed by atoms with Gasteiger partial charge in [-0.25, -0.2) is 0 Å². The zero-order valence-corrected chi connectivity index (χ0v) is 25.4. The first kappa shape index (κ1) is 31.3. The lowest BCUT2D eigenvalue weighted by molar-refractivity contribution is -0.329. The van der Waals surface area contributed by atoms with Gasteiger partial charge in [0, 0.05) is 31.3 Å². The average molecular weight is 567 g/mol. The summed E-state index contributed by atoms with van der Waals surface area (Å²) in [4.78, 5) is 38.7. The highest BCUT2D eigenvalue weighted by Gasteiger charge is 2.52. The fourth-order valence-electron chi connectivity index (χ4n) is 6.69. The van der Waals surface area contributed by atoms with Gasteiger partial charge < -0.3 is 19.3 Å². The summed E-state index contributed by atoms with van der Waals surface area (Å²) in [5, 5.41) is 11.8. The van der Waals surface area contributed by atoms with E-state index in [4.69, 9.17) is 14.2 Å². The van der Waals surface area contributed by atoms with Gasteiger partial charge in [-0.15, -0.1) is 0 Å². The Kier molecular flexibility index (Phi) is 9.72. The summed E-state index contributed by atoms with van der Waals surface area (Å²) in [6.07, 6.45) is 14.2. The summed E-state index contributed by atoms with van der Waals surface area (Å²) in [6.45, 7) is 12.1. The van der Waals surface area contributed by atoms with Crippen LogP contribution in [0.4, 0.5) is 0 Å². The number of esters is 1. The highest BCUT2D eigenvalue weighted by atomic mass is 16.7. The number of aliphatic hydroxyl groups is 1. The number of ketones is 1. The predicted octanol–water partition coefficient (Wildman–Crippen LogP) is 5.88. The first-order chi connectivity index (χ1) is 19.4. The molecule has 1 N–H and O–H groups in total. The fraction of sp³-hybridized carbons (Fsp3) is 0.618. The van der Waals surface area contributed by atoms with Crippen molar-refractivity contribution in [1.82, 2.24) is 0 Å². The van der Waals surface area contributed by atoms with E-state index in [1.807, 2.05) is 13.0 Å². The van der Waals surface area contributed by atoms with E-state index in [-0.39, 0.29) is 35.9 Å². The molecule has 4 aliphatic rings. The Hall–Kier alpha value is -2.61. The van der Waals surface area contributed by atoms with E-state index in [0.717, 1.165) is 18.4 Å². The lowest BCUT2D eigenvalue weighted by Gasteiger charge is -2.50. The van der Waals surface area contributed by atoms with Gasteiger partial charge in [-0.2, -0.15) is 0 Å². The second kappa shape index (κ2) is 12.7. The van der Waals surface area contributed by atoms with Gasteiger partial charge in [0.05, 0.1) is 12.2 Å². The Bertz CT molecular complexity index is 1190. The van der Waals surface area contributed by atoms with Crippen LogP contribution in [0.15, 0.2) is 58.7 Å². The smallest absolute Gasteiger partial charge is 0.316 e. The molecule has 7 nitrogen and oxygen atoms in total. The zero-order chi connectivity index (χ0) is 29.9. The van der Waals surface area contributed by atoms with Crippen molar-refractivity contribution in [3.05, 3.63) is 58.7 Å². The van der Waals surface area contributed by atoms with Gasteiger partial charge in [0.1, 0.15) is 23.9 Å². The summed E-state index contributed by atoms with van der Waals surface area (Å²) in [5.41, 5.74) is 0.715. The molecule has 2 fully saturated rings. The van der Waals surface area contributed by atoms with Crippen LogP contribution in [0.3, 0.4) is 0 Å². The maximum absolute atomic E-state index is 13.8. The Balaban J connectivity index is 1.74. The Morgan fingerprint density at radius 3 is 2.61 bits per heavy atom. The van der Waals surface area contributed by atoms with Crippen molar-refractivity contribution in [2.45, 2.75) is 116 Å². The fourth-order valence-corrected chi connectivity index (χ4v) is 6.69. The van der Waals surface area contributed by atoms with E-state index in [1.54, 1.807) is 13.0 Å². The summed E-state index contributed by atoms with van der Waals surface area (Å²) in [6, 6.07) is 0. The molecule has 1 spiro atoms. The summed E-state index contributed by atoms with van der Waals surface area (Å²) in [7, 11) is 0. The van der Waals surface area contributed by atoms with E-state index in [0.29, 0.717) is 43.5 Å². The molecule has 8 atom stereocenters. The summed E-state index contributed by atoms with van der Waals surface area (Å²) < 4.78 is 19.6. The number of carbonyl (C=O) groups excluding carboxylic acids is 3. The van der Waals surface area contributed by atoms with Crippen LogP contribution < -0.4 is 0 Å². The lowest BCUT2D eigenvalue weighted by Crippen LogP contribution is -2.55. The lowest BCUT2D eigenvalue weighted by atomic mass is 9.72. The number of fused-ring (bicyclic) bond motifs is 3. The van der Waals surface area contributed by atoms with Crippen molar-refractivity contribution in [2.24, 2.45) is 17.8 Å². The third-order valence-corrected chi connectivity index (χ3v) is 9.24. The van der Waals surface area contributed by atoms with Crippen molar-refractivity contribution in [1.29, 1.82) is 0 Å². The number of aldehydes is 1. The number of ether oxygens (including phenoxy) is 3. The maximum Gasteiger partial charge on any atom is 0.316 e. The van der Waals surface area contributed by atoms with Gasteiger partial charge in [0.25, 0.3) is 0 Å². The number of rotatable bonds is 2. The molecule has 0 amide bonds. The molecule has 0 aromatic carbocycles. The van der Waals surface area contributed by atoms with Crippen molar-refractivity contribution in [2.75, 3.05) is 0 Å². The Labute approximate surface area is 244 Å². The van der Waals surface area contributed by atoms with Crippen LogP contribution in [0.2, 0.25) is 0 Å². The normalized spacial score (nSPS) is 42.6. The summed E-state index contributed by atoms with van der Waals surface area (Å²) >= 11 is 0. The molecule has 3 aliphatic heterocycles. The largest absolute Gasteiger partial charge is 0.462 e. The van der Waals surface area contributed by atoms with Gasteiger partial charge in [0.15, 0.2) is 11.6 Å². The quantitative estimate of drug-likeness (QED) is 0.253. The topological polar surface area (TPSA) is 99.1 Å². The van der Waals surface area contributed by atoms with Crippen LogP contribution in [0.1, 0.15) is 86.5 Å². The van der Waals surface area contributed by atoms with Gasteiger partial charge in [-0.3, -0.25) is 14.4 Å². The van der Waals surface area contributed by atoms with Gasteiger partial charge >= 0.3 is 5.97 Å². The highest BCUT2D eigenvalue weighted by molar-refractivity contribution is 6.00. The molecule has 0 radical (unpaired) electrons. The molecule has 0 saturated carbocycles. The first-order valence-corrected chi connectivity index (χ1v) is 15.0. The van der Waals surface area contributed by atoms with Crippen molar-refractivity contribution < 1.29 is 33.7 Å². The second-order valence-corrected chi connectivity index (χ2v) is 12.7. The van der Waals surface area contributed by atoms with Crippen LogP contribution in [0.25, 0.3) is 0 Å². The average Bonchev–Trinajstić information content (AvgIpc) is 2.92. The zero-order valence-electron chi connectivity index (χ0n) is 25.4. The van der Waals surface area contributed by atoms with E-state index in [9.17, 15) is 19.5 Å². The monoisotopic (exact) mass is 566 g/mol. The minimum absolute atomic E-state index is 0.0186. The molecule has 4 rings (SSSR count). The van der Waals surface area contributed by atoms with E-state index in [2.05, 4.69) is 39.8 Å². The molecular formula is C34H46O7. The molecule has 41 heavy (non-hydrogen) atoms. The maximum atomic E-state index is 13.8. The standard InChI is InChI=1S/C34H46O7/c1-7-23(4)31-24(5)13-14-33(41-31)18-28-17-27(40-33)12-11-22(3)15-21(2)9-8-10-26(20-35)34(38)19-30(36)25(6)16-29(34)32(37)39-28/h7-11,16,20-21,24,27-29,31,38H,12-15,17-19H2,1-6H3/b9-8+,22-11+,23-7+,26-10+/t21-,24-,27+,28-,29-,31+,33+,34+/m0/s1. The predicted molar refractivity (Wildman–Crippen MR) is 157 cm³/mol. The number of allylic oxidation sites excluding steroid dienone is 6. The molecule has 0 aromatic heterocycles. The van der Waals surface area contributed by atoms with Crippen LogP contribution in [-0.4, -0.2) is 52.8 Å². The molecule has 0 unspecified atom stereocenters. The summed E-state index contributed by atoms with van der Waals surface area (Å²) in [5.74, 6) is -2.54. The molecule has 3 heterocycles. The first-order valence-electron chi connectivity index (χ1n) is 15.0. The molecule has 2 bridgehead atoms. The SMILES string of the molecule is C/C=C(\C)[C@H]1O[C@]2(CC[C@@H]1C)C[C@@H]1C[C@@H](C/C=C(\C)C[C@@H](C)/C=C/C=C(\C=O)[C@]3(O)CC(=O)C(C)=C[C@H]3C(=O)O1)O2. The third-order valence-electron chi connectivity index (χ3n) is 9.24. The number of Topliss-reactive ketones (excluding diaryl/α,β-unsaturated/α-hetero) is 1. The Morgan fingerprint density at radius 2 is 1.90 bits per heavy atom. The molecule has 2 saturated heterocycles. The number of carbonyl (C=O) groups is 3. The van der Waals surface area contributed by atoms with Crippen molar-refractivity contribution in [3.8, 4) is 0 Å². The third kappa shape index (κ3) is 6.90. The Morgan fingerprint density at radius 1 is 1.15 bits per heavy atom.